The Morgan fingerprint density at radius 1 is 0.882 bits per heavy atom. The van der Waals surface area contributed by atoms with E-state index in [9.17, 15) is 0 Å². The van der Waals surface area contributed by atoms with Crippen molar-refractivity contribution in [2.24, 2.45) is 0 Å². The maximum atomic E-state index is 3.47. The fourth-order valence-electron chi connectivity index (χ4n) is 2.27. The zero-order valence-corrected chi connectivity index (χ0v) is 10.5. The van der Waals surface area contributed by atoms with Crippen LogP contribution in [0.1, 0.15) is 12.0 Å². The second-order valence-corrected chi connectivity index (χ2v) is 4.27. The zero-order chi connectivity index (χ0) is 10.8. The van der Waals surface area contributed by atoms with Crippen LogP contribution in [-0.2, 0) is 6.42 Å². The molecule has 0 fully saturated rings. The highest BCUT2D eigenvalue weighted by Crippen LogP contribution is 2.28. The fraction of sp³-hybridized carbons (Fsp3) is 0.200. The van der Waals surface area contributed by atoms with Crippen molar-refractivity contribution in [2.45, 2.75) is 12.8 Å². The van der Waals surface area contributed by atoms with E-state index >= 15 is 0 Å². The average Bonchev–Trinajstić information content (AvgIpc) is 2.39. The van der Waals surface area contributed by atoms with Crippen molar-refractivity contribution in [3.63, 3.8) is 0 Å². The predicted octanol–water partition coefficient (Wildman–Crippen LogP) is 4.13. The van der Waals surface area contributed by atoms with Gasteiger partial charge in [-0.2, -0.15) is 0 Å². The van der Waals surface area contributed by atoms with Crippen LogP contribution in [0, 0.1) is 0 Å². The van der Waals surface area contributed by atoms with Gasteiger partial charge in [-0.25, -0.2) is 0 Å². The number of hydrogen-bond donors (Lipinski definition) is 1. The van der Waals surface area contributed by atoms with Gasteiger partial charge < -0.3 is 5.32 Å². The molecule has 0 unspecified atom stereocenters. The van der Waals surface area contributed by atoms with E-state index in [1.54, 1.807) is 0 Å². The van der Waals surface area contributed by atoms with Crippen LogP contribution in [0.2, 0.25) is 0 Å². The first-order valence-electron chi connectivity index (χ1n) is 5.86. The Labute approximate surface area is 108 Å². The molecule has 2 aromatic rings. The SMILES string of the molecule is Cl.c1ccc(-c2ccc3c(c2)NCCC3)cc1. The predicted molar refractivity (Wildman–Crippen MR) is 75.9 cm³/mol. The highest BCUT2D eigenvalue weighted by Gasteiger charge is 2.08. The van der Waals surface area contributed by atoms with Crippen molar-refractivity contribution in [3.05, 3.63) is 54.1 Å². The van der Waals surface area contributed by atoms with Gasteiger partial charge in [-0.1, -0.05) is 42.5 Å². The van der Waals surface area contributed by atoms with Crippen LogP contribution in [0.4, 0.5) is 5.69 Å². The lowest BCUT2D eigenvalue weighted by Gasteiger charge is -2.18. The average molecular weight is 246 g/mol. The molecule has 0 atom stereocenters. The molecular weight excluding hydrogens is 230 g/mol. The number of benzene rings is 2. The molecule has 0 aliphatic carbocycles. The van der Waals surface area contributed by atoms with Crippen molar-refractivity contribution in [2.75, 3.05) is 11.9 Å². The lowest BCUT2D eigenvalue weighted by molar-refractivity contribution is 0.830. The minimum absolute atomic E-state index is 0. The van der Waals surface area contributed by atoms with Crippen molar-refractivity contribution in [3.8, 4) is 11.1 Å². The molecule has 88 valence electrons. The molecule has 3 rings (SSSR count). The van der Waals surface area contributed by atoms with E-state index in [1.807, 2.05) is 0 Å². The van der Waals surface area contributed by atoms with Gasteiger partial charge in [0, 0.05) is 12.2 Å². The van der Waals surface area contributed by atoms with E-state index < -0.39 is 0 Å². The third kappa shape index (κ3) is 2.45. The number of aryl methyl sites for hydroxylation is 1. The summed E-state index contributed by atoms with van der Waals surface area (Å²) in [5.41, 5.74) is 5.35. The molecule has 0 saturated carbocycles. The van der Waals surface area contributed by atoms with E-state index in [4.69, 9.17) is 0 Å². The van der Waals surface area contributed by atoms with Crippen LogP contribution >= 0.6 is 12.4 Å². The third-order valence-electron chi connectivity index (χ3n) is 3.16. The Hall–Kier alpha value is -1.47. The molecule has 0 radical (unpaired) electrons. The first kappa shape index (κ1) is 12.0. The molecule has 17 heavy (non-hydrogen) atoms. The van der Waals surface area contributed by atoms with Gasteiger partial charge in [-0.3, -0.25) is 0 Å². The van der Waals surface area contributed by atoms with E-state index in [0.717, 1.165) is 6.54 Å². The molecule has 0 aromatic heterocycles. The van der Waals surface area contributed by atoms with E-state index in [0.29, 0.717) is 0 Å². The number of hydrogen-bond acceptors (Lipinski definition) is 1. The smallest absolute Gasteiger partial charge is 0.0378 e. The highest BCUT2D eigenvalue weighted by atomic mass is 35.5. The molecule has 1 N–H and O–H groups in total. The monoisotopic (exact) mass is 245 g/mol. The molecule has 1 aliphatic rings. The Morgan fingerprint density at radius 3 is 2.53 bits per heavy atom. The number of anilines is 1. The molecule has 0 amide bonds. The summed E-state index contributed by atoms with van der Waals surface area (Å²) in [5.74, 6) is 0. The Bertz CT molecular complexity index is 494. The Balaban J connectivity index is 0.00000108. The van der Waals surface area contributed by atoms with Crippen molar-refractivity contribution in [1.29, 1.82) is 0 Å². The van der Waals surface area contributed by atoms with Gasteiger partial charge in [0.05, 0.1) is 0 Å². The lowest BCUT2D eigenvalue weighted by Crippen LogP contribution is -2.11. The normalized spacial score (nSPS) is 13.2. The Morgan fingerprint density at radius 2 is 1.71 bits per heavy atom. The van der Waals surface area contributed by atoms with Crippen LogP contribution in [0.25, 0.3) is 11.1 Å². The Kier molecular flexibility index (Phi) is 3.70. The summed E-state index contributed by atoms with van der Waals surface area (Å²) in [6.07, 6.45) is 2.45. The standard InChI is InChI=1S/C15H15N.ClH/c1-2-5-12(6-3-1)14-9-8-13-7-4-10-16-15(13)11-14;/h1-3,5-6,8-9,11,16H,4,7,10H2;1H. The molecule has 0 bridgehead atoms. The molecule has 2 aromatic carbocycles. The summed E-state index contributed by atoms with van der Waals surface area (Å²) in [6.45, 7) is 1.10. The van der Waals surface area contributed by atoms with Crippen molar-refractivity contribution < 1.29 is 0 Å². The first-order chi connectivity index (χ1) is 7.93. The molecule has 1 heterocycles. The zero-order valence-electron chi connectivity index (χ0n) is 9.65. The molecule has 0 spiro atoms. The molecule has 1 nitrogen and oxygen atoms in total. The number of rotatable bonds is 1. The minimum Gasteiger partial charge on any atom is -0.385 e. The number of halogens is 1. The summed E-state index contributed by atoms with van der Waals surface area (Å²) < 4.78 is 0. The van der Waals surface area contributed by atoms with Gasteiger partial charge in [-0.15, -0.1) is 12.4 Å². The lowest BCUT2D eigenvalue weighted by atomic mass is 9.98. The number of fused-ring (bicyclic) bond motifs is 1. The van der Waals surface area contributed by atoms with Gasteiger partial charge >= 0.3 is 0 Å². The maximum Gasteiger partial charge on any atom is 0.0378 e. The largest absolute Gasteiger partial charge is 0.385 e. The molecule has 2 heteroatoms. The van der Waals surface area contributed by atoms with E-state index in [-0.39, 0.29) is 12.4 Å². The highest BCUT2D eigenvalue weighted by molar-refractivity contribution is 5.85. The van der Waals surface area contributed by atoms with Crippen molar-refractivity contribution >= 4 is 18.1 Å². The summed E-state index contributed by atoms with van der Waals surface area (Å²) in [6, 6.07) is 17.3. The fourth-order valence-corrected chi connectivity index (χ4v) is 2.27. The van der Waals surface area contributed by atoms with Crippen LogP contribution < -0.4 is 5.32 Å². The summed E-state index contributed by atoms with van der Waals surface area (Å²) in [4.78, 5) is 0. The molecule has 1 aliphatic heterocycles. The summed E-state index contributed by atoms with van der Waals surface area (Å²) in [7, 11) is 0. The summed E-state index contributed by atoms with van der Waals surface area (Å²) >= 11 is 0. The van der Waals surface area contributed by atoms with Gasteiger partial charge in [0.15, 0.2) is 0 Å². The topological polar surface area (TPSA) is 12.0 Å². The van der Waals surface area contributed by atoms with Crippen LogP contribution in [0.15, 0.2) is 48.5 Å². The molecular formula is C15H16ClN. The van der Waals surface area contributed by atoms with Crippen LogP contribution in [0.3, 0.4) is 0 Å². The summed E-state index contributed by atoms with van der Waals surface area (Å²) in [5, 5.41) is 3.47. The minimum atomic E-state index is 0. The third-order valence-corrected chi connectivity index (χ3v) is 3.16. The molecule has 0 saturated heterocycles. The maximum absolute atomic E-state index is 3.47. The van der Waals surface area contributed by atoms with Crippen LogP contribution in [0.5, 0.6) is 0 Å². The number of nitrogens with one attached hydrogen (secondary N) is 1. The van der Waals surface area contributed by atoms with Gasteiger partial charge in [0.1, 0.15) is 0 Å². The first-order valence-corrected chi connectivity index (χ1v) is 5.86. The van der Waals surface area contributed by atoms with Crippen molar-refractivity contribution in [1.82, 2.24) is 0 Å². The van der Waals surface area contributed by atoms with Gasteiger partial charge in [-0.05, 0) is 35.6 Å². The van der Waals surface area contributed by atoms with Gasteiger partial charge in [0.25, 0.3) is 0 Å². The van der Waals surface area contributed by atoms with E-state index in [1.165, 1.54) is 35.2 Å². The van der Waals surface area contributed by atoms with Crippen LogP contribution in [-0.4, -0.2) is 6.54 Å². The van der Waals surface area contributed by atoms with E-state index in [2.05, 4.69) is 53.8 Å². The quantitative estimate of drug-likeness (QED) is 0.797. The second kappa shape index (κ2) is 5.24. The van der Waals surface area contributed by atoms with Gasteiger partial charge in [0.2, 0.25) is 0 Å². The second-order valence-electron chi connectivity index (χ2n) is 4.27.